The number of carbonyl (C=O) groups is 1. The molecule has 0 aliphatic heterocycles. The van der Waals surface area contributed by atoms with Crippen molar-refractivity contribution in [3.63, 3.8) is 0 Å². The third-order valence-corrected chi connectivity index (χ3v) is 3.84. The average Bonchev–Trinajstić information content (AvgIpc) is 2.83. The number of nitrogens with zero attached hydrogens (tertiary/aromatic N) is 2. The lowest BCUT2D eigenvalue weighted by Gasteiger charge is -2.00. The van der Waals surface area contributed by atoms with Crippen molar-refractivity contribution in [2.75, 3.05) is 0 Å². The van der Waals surface area contributed by atoms with Crippen LogP contribution >= 0.6 is 11.8 Å². The van der Waals surface area contributed by atoms with E-state index in [0.717, 1.165) is 0 Å². The van der Waals surface area contributed by atoms with Gasteiger partial charge in [-0.1, -0.05) is 36.7 Å². The van der Waals surface area contributed by atoms with Crippen LogP contribution in [-0.2, 0) is 17.0 Å². The van der Waals surface area contributed by atoms with Gasteiger partial charge in [0, 0.05) is 11.3 Å². The van der Waals surface area contributed by atoms with Gasteiger partial charge in [0.25, 0.3) is 0 Å². The van der Waals surface area contributed by atoms with Gasteiger partial charge in [-0.15, -0.1) is 11.8 Å². The predicted molar refractivity (Wildman–Crippen MR) is 83.2 cm³/mol. The van der Waals surface area contributed by atoms with Crippen molar-refractivity contribution in [3.05, 3.63) is 41.5 Å². The fraction of sp³-hybridized carbons (Fsp3) is 0.438. The van der Waals surface area contributed by atoms with Crippen LogP contribution in [0.3, 0.4) is 0 Å². The monoisotopic (exact) mass is 304 g/mol. The van der Waals surface area contributed by atoms with E-state index in [2.05, 4.69) is 35.3 Å². The van der Waals surface area contributed by atoms with E-state index >= 15 is 0 Å². The van der Waals surface area contributed by atoms with E-state index in [-0.39, 0.29) is 12.2 Å². The van der Waals surface area contributed by atoms with Gasteiger partial charge in [-0.3, -0.25) is 4.79 Å². The lowest BCUT2D eigenvalue weighted by molar-refractivity contribution is -0.119. The number of rotatable bonds is 7. The summed E-state index contributed by atoms with van der Waals surface area (Å²) in [5.41, 5.74) is 1.23. The Labute approximate surface area is 129 Å². The Morgan fingerprint density at radius 3 is 2.90 bits per heavy atom. The second-order valence-electron chi connectivity index (χ2n) is 5.52. The van der Waals surface area contributed by atoms with Gasteiger partial charge in [0.15, 0.2) is 5.82 Å². The molecule has 0 bridgehead atoms. The molecule has 0 aliphatic rings. The molecule has 0 fully saturated rings. The van der Waals surface area contributed by atoms with Gasteiger partial charge in [0.2, 0.25) is 5.89 Å². The molecule has 112 valence electrons. The van der Waals surface area contributed by atoms with Crippen LogP contribution in [0.1, 0.15) is 37.5 Å². The number of aromatic nitrogens is 2. The summed E-state index contributed by atoms with van der Waals surface area (Å²) in [5.74, 6) is 2.20. The van der Waals surface area contributed by atoms with Crippen molar-refractivity contribution in [2.45, 2.75) is 44.3 Å². The smallest absolute Gasteiger partial charge is 0.234 e. The lowest BCUT2D eigenvalue weighted by Crippen LogP contribution is -2.06. The number of Topliss-reactive ketones (excluding diaryl/α,β-unsaturated/α-hetero) is 1. The first-order valence-corrected chi connectivity index (χ1v) is 8.04. The molecule has 2 aromatic rings. The minimum atomic E-state index is 0.145. The zero-order valence-electron chi connectivity index (χ0n) is 12.6. The Morgan fingerprint density at radius 1 is 1.38 bits per heavy atom. The van der Waals surface area contributed by atoms with Crippen LogP contribution in [0.5, 0.6) is 0 Å². The van der Waals surface area contributed by atoms with E-state index in [1.807, 2.05) is 19.9 Å². The van der Waals surface area contributed by atoms with Gasteiger partial charge in [-0.05, 0) is 25.0 Å². The molecule has 1 heterocycles. The molecular weight excluding hydrogens is 284 g/mol. The molecular formula is C16H20N2O2S. The van der Waals surface area contributed by atoms with E-state index in [9.17, 15) is 4.79 Å². The van der Waals surface area contributed by atoms with Crippen LogP contribution in [0.15, 0.2) is 33.7 Å². The van der Waals surface area contributed by atoms with E-state index in [0.29, 0.717) is 29.8 Å². The first-order valence-electron chi connectivity index (χ1n) is 7.05. The largest absolute Gasteiger partial charge is 0.339 e. The van der Waals surface area contributed by atoms with E-state index in [1.54, 1.807) is 11.8 Å². The molecule has 2 rings (SSSR count). The molecule has 0 aliphatic carbocycles. The van der Waals surface area contributed by atoms with Crippen LogP contribution in [-0.4, -0.2) is 15.9 Å². The summed E-state index contributed by atoms with van der Waals surface area (Å²) in [6.07, 6.45) is 0.788. The van der Waals surface area contributed by atoms with Gasteiger partial charge in [0.05, 0.1) is 12.2 Å². The fourth-order valence-corrected chi connectivity index (χ4v) is 2.83. The van der Waals surface area contributed by atoms with Gasteiger partial charge in [-0.25, -0.2) is 0 Å². The summed E-state index contributed by atoms with van der Waals surface area (Å²) in [6.45, 7) is 6.11. The predicted octanol–water partition coefficient (Wildman–Crippen LogP) is 3.83. The third kappa shape index (κ3) is 5.34. The second kappa shape index (κ2) is 7.41. The number of carbonyl (C=O) groups excluding carboxylic acids is 1. The molecule has 0 saturated carbocycles. The SMILES string of the molecule is Cc1cccc(SCc2noc(CC(=O)CC(C)C)n2)c1. The number of aryl methyl sites for hydroxylation is 1. The van der Waals surface area contributed by atoms with E-state index < -0.39 is 0 Å². The van der Waals surface area contributed by atoms with Crippen molar-refractivity contribution < 1.29 is 9.32 Å². The van der Waals surface area contributed by atoms with Crippen LogP contribution in [0.4, 0.5) is 0 Å². The molecule has 0 atom stereocenters. The number of hydrogen-bond acceptors (Lipinski definition) is 5. The van der Waals surface area contributed by atoms with Crippen LogP contribution in [0, 0.1) is 12.8 Å². The van der Waals surface area contributed by atoms with E-state index in [1.165, 1.54) is 10.5 Å². The Balaban J connectivity index is 1.87. The number of benzene rings is 1. The van der Waals surface area contributed by atoms with Gasteiger partial charge >= 0.3 is 0 Å². The molecule has 0 saturated heterocycles. The highest BCUT2D eigenvalue weighted by Gasteiger charge is 2.12. The standard InChI is InChI=1S/C16H20N2O2S/c1-11(2)7-13(19)9-16-17-15(18-20-16)10-21-14-6-4-5-12(3)8-14/h4-6,8,11H,7,9-10H2,1-3H3. The number of thioether (sulfide) groups is 1. The second-order valence-corrected chi connectivity index (χ2v) is 6.57. The Morgan fingerprint density at radius 2 is 2.19 bits per heavy atom. The van der Waals surface area contributed by atoms with Crippen LogP contribution in [0.25, 0.3) is 0 Å². The van der Waals surface area contributed by atoms with E-state index in [4.69, 9.17) is 4.52 Å². The highest BCUT2D eigenvalue weighted by Crippen LogP contribution is 2.22. The van der Waals surface area contributed by atoms with Gasteiger partial charge < -0.3 is 4.52 Å². The van der Waals surface area contributed by atoms with Crippen molar-refractivity contribution in [1.29, 1.82) is 0 Å². The zero-order chi connectivity index (χ0) is 15.2. The van der Waals surface area contributed by atoms with Crippen LogP contribution in [0.2, 0.25) is 0 Å². The molecule has 0 N–H and O–H groups in total. The first-order chi connectivity index (χ1) is 10.0. The molecule has 4 nitrogen and oxygen atoms in total. The number of hydrogen-bond donors (Lipinski definition) is 0. The maximum absolute atomic E-state index is 11.7. The fourth-order valence-electron chi connectivity index (χ4n) is 1.97. The maximum Gasteiger partial charge on any atom is 0.234 e. The summed E-state index contributed by atoms with van der Waals surface area (Å²) in [5, 5.41) is 3.93. The third-order valence-electron chi connectivity index (χ3n) is 2.85. The Bertz CT molecular complexity index is 608. The minimum Gasteiger partial charge on any atom is -0.339 e. The normalized spacial score (nSPS) is 11.0. The topological polar surface area (TPSA) is 56.0 Å². The molecule has 0 radical (unpaired) electrons. The Hall–Kier alpha value is -1.62. The summed E-state index contributed by atoms with van der Waals surface area (Å²) in [7, 11) is 0. The van der Waals surface area contributed by atoms with Gasteiger partial charge in [-0.2, -0.15) is 4.98 Å². The van der Waals surface area contributed by atoms with Crippen molar-refractivity contribution in [1.82, 2.24) is 10.1 Å². The summed E-state index contributed by atoms with van der Waals surface area (Å²) in [6, 6.07) is 8.28. The van der Waals surface area contributed by atoms with Crippen molar-refractivity contribution in [3.8, 4) is 0 Å². The Kier molecular flexibility index (Phi) is 5.56. The highest BCUT2D eigenvalue weighted by molar-refractivity contribution is 7.98. The van der Waals surface area contributed by atoms with Gasteiger partial charge in [0.1, 0.15) is 5.78 Å². The summed E-state index contributed by atoms with van der Waals surface area (Å²) >= 11 is 1.66. The lowest BCUT2D eigenvalue weighted by atomic mass is 10.1. The summed E-state index contributed by atoms with van der Waals surface area (Å²) < 4.78 is 5.13. The average molecular weight is 304 g/mol. The van der Waals surface area contributed by atoms with Crippen molar-refractivity contribution in [2.24, 2.45) is 5.92 Å². The molecule has 1 aromatic heterocycles. The molecule has 0 unspecified atom stereocenters. The summed E-state index contributed by atoms with van der Waals surface area (Å²) in [4.78, 5) is 17.2. The maximum atomic E-state index is 11.7. The van der Waals surface area contributed by atoms with Crippen LogP contribution < -0.4 is 0 Å². The molecule has 21 heavy (non-hydrogen) atoms. The molecule has 1 aromatic carbocycles. The molecule has 5 heteroatoms. The highest BCUT2D eigenvalue weighted by atomic mass is 32.2. The molecule has 0 spiro atoms. The quantitative estimate of drug-likeness (QED) is 0.728. The number of ketones is 1. The van der Waals surface area contributed by atoms with Crippen molar-refractivity contribution >= 4 is 17.5 Å². The molecule has 0 amide bonds. The first kappa shape index (κ1) is 15.8. The zero-order valence-corrected chi connectivity index (χ0v) is 13.4. The minimum absolute atomic E-state index is 0.145.